The zero-order valence-electron chi connectivity index (χ0n) is 16.6. The monoisotopic (exact) mass is 398 g/mol. The fourth-order valence-electron chi connectivity index (χ4n) is 3.86. The van der Waals surface area contributed by atoms with Crippen LogP contribution < -0.4 is 4.74 Å². The van der Waals surface area contributed by atoms with E-state index < -0.39 is 0 Å². The number of nitrogens with zero attached hydrogens (tertiary/aromatic N) is 4. The van der Waals surface area contributed by atoms with Crippen LogP contribution in [0.4, 0.5) is 0 Å². The number of methoxy groups -OCH3 is 1. The molecule has 7 heteroatoms. The van der Waals surface area contributed by atoms with Gasteiger partial charge in [0, 0.05) is 24.5 Å². The number of fused-ring (bicyclic) bond motifs is 3. The van der Waals surface area contributed by atoms with Crippen molar-refractivity contribution in [2.24, 2.45) is 0 Å². The van der Waals surface area contributed by atoms with Gasteiger partial charge >= 0.3 is 0 Å². The number of aryl methyl sites for hydroxylation is 1. The lowest BCUT2D eigenvalue weighted by atomic mass is 10.1. The van der Waals surface area contributed by atoms with Crippen molar-refractivity contribution in [1.29, 1.82) is 0 Å². The van der Waals surface area contributed by atoms with Crippen LogP contribution in [0.25, 0.3) is 16.6 Å². The van der Waals surface area contributed by atoms with Gasteiger partial charge in [-0.3, -0.25) is 9.20 Å². The number of benzene rings is 1. The molecule has 3 aromatic rings. The summed E-state index contributed by atoms with van der Waals surface area (Å²) in [4.78, 5) is 15.0. The number of hydrogen-bond donors (Lipinski definition) is 0. The van der Waals surface area contributed by atoms with Gasteiger partial charge in [0.2, 0.25) is 5.91 Å². The number of amides is 1. The Hall–Kier alpha value is -2.28. The van der Waals surface area contributed by atoms with E-state index in [9.17, 15) is 4.79 Å². The van der Waals surface area contributed by atoms with Gasteiger partial charge in [-0.15, -0.1) is 10.2 Å². The SMILES string of the molecule is COc1ccc2c(C)cc3nnc(SC(C)C(=O)N4CCCCCC4)n3c2c1. The summed E-state index contributed by atoms with van der Waals surface area (Å²) in [6, 6.07) is 8.06. The van der Waals surface area contributed by atoms with Crippen molar-refractivity contribution in [3.05, 3.63) is 29.8 Å². The minimum Gasteiger partial charge on any atom is -0.497 e. The summed E-state index contributed by atoms with van der Waals surface area (Å²) in [6.45, 7) is 5.77. The van der Waals surface area contributed by atoms with E-state index in [1.54, 1.807) is 7.11 Å². The summed E-state index contributed by atoms with van der Waals surface area (Å²) in [5.74, 6) is 0.982. The molecule has 0 N–H and O–H groups in total. The second-order valence-electron chi connectivity index (χ2n) is 7.39. The number of rotatable bonds is 4. The van der Waals surface area contributed by atoms with Gasteiger partial charge in [-0.25, -0.2) is 0 Å². The smallest absolute Gasteiger partial charge is 0.235 e. The van der Waals surface area contributed by atoms with E-state index in [4.69, 9.17) is 4.74 Å². The fourth-order valence-corrected chi connectivity index (χ4v) is 4.81. The van der Waals surface area contributed by atoms with Crippen LogP contribution in [0.15, 0.2) is 29.4 Å². The quantitative estimate of drug-likeness (QED) is 0.620. The maximum Gasteiger partial charge on any atom is 0.235 e. The molecule has 1 fully saturated rings. The molecule has 1 atom stereocenters. The van der Waals surface area contributed by atoms with Gasteiger partial charge in [-0.2, -0.15) is 0 Å². The summed E-state index contributed by atoms with van der Waals surface area (Å²) in [5, 5.41) is 10.4. The van der Waals surface area contributed by atoms with E-state index in [1.165, 1.54) is 24.6 Å². The fraction of sp³-hybridized carbons (Fsp3) is 0.476. The van der Waals surface area contributed by atoms with E-state index in [1.807, 2.05) is 34.4 Å². The number of thioether (sulfide) groups is 1. The molecule has 6 nitrogen and oxygen atoms in total. The van der Waals surface area contributed by atoms with E-state index in [0.717, 1.165) is 59.0 Å². The lowest BCUT2D eigenvalue weighted by Gasteiger charge is -2.23. The number of likely N-dealkylation sites (tertiary alicyclic amines) is 1. The van der Waals surface area contributed by atoms with Crippen LogP contribution in [0.1, 0.15) is 38.2 Å². The van der Waals surface area contributed by atoms with Crippen LogP contribution >= 0.6 is 11.8 Å². The van der Waals surface area contributed by atoms with Gasteiger partial charge in [0.1, 0.15) is 5.75 Å². The van der Waals surface area contributed by atoms with Crippen molar-refractivity contribution in [3.63, 3.8) is 0 Å². The number of carbonyl (C=O) groups excluding carboxylic acids is 1. The lowest BCUT2D eigenvalue weighted by molar-refractivity contribution is -0.130. The van der Waals surface area contributed by atoms with Crippen LogP contribution in [-0.4, -0.2) is 50.9 Å². The number of ether oxygens (including phenoxy) is 1. The van der Waals surface area contributed by atoms with Gasteiger partial charge in [-0.1, -0.05) is 24.6 Å². The summed E-state index contributed by atoms with van der Waals surface area (Å²) >= 11 is 1.48. The molecule has 1 amide bonds. The highest BCUT2D eigenvalue weighted by atomic mass is 32.2. The molecular weight excluding hydrogens is 372 g/mol. The molecule has 28 heavy (non-hydrogen) atoms. The third kappa shape index (κ3) is 3.55. The van der Waals surface area contributed by atoms with Crippen LogP contribution in [-0.2, 0) is 4.79 Å². The number of hydrogen-bond acceptors (Lipinski definition) is 5. The first-order chi connectivity index (χ1) is 13.6. The second-order valence-corrected chi connectivity index (χ2v) is 8.69. The van der Waals surface area contributed by atoms with E-state index in [2.05, 4.69) is 23.2 Å². The highest BCUT2D eigenvalue weighted by Gasteiger charge is 2.24. The second kappa shape index (κ2) is 7.99. The molecule has 0 bridgehead atoms. The van der Waals surface area contributed by atoms with Gasteiger partial charge in [0.15, 0.2) is 10.8 Å². The standard InChI is InChI=1S/C21H26N4O2S/c1-14-12-19-22-23-21(25(19)18-13-16(27-3)8-9-17(14)18)28-15(2)20(26)24-10-6-4-5-7-11-24/h8-9,12-13,15H,4-7,10-11H2,1-3H3. The topological polar surface area (TPSA) is 59.7 Å². The van der Waals surface area contributed by atoms with Gasteiger partial charge < -0.3 is 9.64 Å². The molecule has 1 aliphatic heterocycles. The number of aromatic nitrogens is 3. The highest BCUT2D eigenvalue weighted by Crippen LogP contribution is 2.30. The molecule has 4 rings (SSSR count). The molecule has 0 spiro atoms. The lowest BCUT2D eigenvalue weighted by Crippen LogP contribution is -2.37. The summed E-state index contributed by atoms with van der Waals surface area (Å²) in [6.07, 6.45) is 4.63. The van der Waals surface area contributed by atoms with Crippen molar-refractivity contribution < 1.29 is 9.53 Å². The molecular formula is C21H26N4O2S. The van der Waals surface area contributed by atoms with E-state index in [0.29, 0.717) is 0 Å². The first kappa shape index (κ1) is 19.1. The maximum atomic E-state index is 13.0. The first-order valence-electron chi connectivity index (χ1n) is 9.86. The zero-order valence-corrected chi connectivity index (χ0v) is 17.5. The Kier molecular flexibility index (Phi) is 5.44. The molecule has 1 unspecified atom stereocenters. The molecule has 3 heterocycles. The molecule has 1 aromatic carbocycles. The molecule has 0 aliphatic carbocycles. The molecule has 0 radical (unpaired) electrons. The number of pyridine rings is 1. The third-order valence-electron chi connectivity index (χ3n) is 5.42. The Bertz CT molecular complexity index is 1010. The molecule has 2 aromatic heterocycles. The average Bonchev–Trinajstić information content (AvgIpc) is 2.92. The molecule has 148 valence electrons. The molecule has 0 saturated carbocycles. The van der Waals surface area contributed by atoms with Crippen LogP contribution in [0.3, 0.4) is 0 Å². The van der Waals surface area contributed by atoms with Crippen LogP contribution in [0, 0.1) is 6.92 Å². The maximum absolute atomic E-state index is 13.0. The van der Waals surface area contributed by atoms with Gasteiger partial charge in [-0.05, 0) is 50.5 Å². The Morgan fingerprint density at radius 2 is 1.89 bits per heavy atom. The third-order valence-corrected chi connectivity index (χ3v) is 6.45. The van der Waals surface area contributed by atoms with Gasteiger partial charge in [0.25, 0.3) is 0 Å². The number of carbonyl (C=O) groups is 1. The Morgan fingerprint density at radius 3 is 2.61 bits per heavy atom. The Labute approximate surface area is 169 Å². The van der Waals surface area contributed by atoms with Crippen molar-refractivity contribution in [3.8, 4) is 5.75 Å². The summed E-state index contributed by atoms with van der Waals surface area (Å²) < 4.78 is 7.45. The first-order valence-corrected chi connectivity index (χ1v) is 10.7. The largest absolute Gasteiger partial charge is 0.497 e. The normalized spacial score (nSPS) is 16.3. The van der Waals surface area contributed by atoms with Crippen molar-refractivity contribution in [2.75, 3.05) is 20.2 Å². The predicted octanol–water partition coefficient (Wildman–Crippen LogP) is 4.08. The van der Waals surface area contributed by atoms with Crippen LogP contribution in [0.2, 0.25) is 0 Å². The van der Waals surface area contributed by atoms with Gasteiger partial charge in [0.05, 0.1) is 17.9 Å². The minimum atomic E-state index is -0.201. The Balaban J connectivity index is 1.68. The summed E-state index contributed by atoms with van der Waals surface area (Å²) in [5.41, 5.74) is 2.93. The molecule has 1 saturated heterocycles. The Morgan fingerprint density at radius 1 is 1.14 bits per heavy atom. The van der Waals surface area contributed by atoms with E-state index in [-0.39, 0.29) is 11.2 Å². The summed E-state index contributed by atoms with van der Waals surface area (Å²) in [7, 11) is 1.66. The highest BCUT2D eigenvalue weighted by molar-refractivity contribution is 8.00. The molecule has 1 aliphatic rings. The van der Waals surface area contributed by atoms with Crippen molar-refractivity contribution >= 4 is 34.2 Å². The average molecular weight is 399 g/mol. The van der Waals surface area contributed by atoms with Crippen molar-refractivity contribution in [2.45, 2.75) is 49.9 Å². The van der Waals surface area contributed by atoms with Crippen LogP contribution in [0.5, 0.6) is 5.75 Å². The zero-order chi connectivity index (χ0) is 19.7. The predicted molar refractivity (Wildman–Crippen MR) is 112 cm³/mol. The van der Waals surface area contributed by atoms with E-state index >= 15 is 0 Å². The minimum absolute atomic E-state index is 0.192. The van der Waals surface area contributed by atoms with Crippen molar-refractivity contribution in [1.82, 2.24) is 19.5 Å².